The third-order valence-electron chi connectivity index (χ3n) is 4.48. The van der Waals surface area contributed by atoms with Gasteiger partial charge in [0.25, 0.3) is 5.91 Å². The van der Waals surface area contributed by atoms with Crippen molar-refractivity contribution in [1.29, 1.82) is 0 Å². The monoisotopic (exact) mass is 405 g/mol. The highest BCUT2D eigenvalue weighted by Gasteiger charge is 2.30. The normalized spacial score (nSPS) is 17.1. The molecule has 0 saturated carbocycles. The van der Waals surface area contributed by atoms with Crippen molar-refractivity contribution in [3.63, 3.8) is 0 Å². The van der Waals surface area contributed by atoms with Crippen LogP contribution in [0.3, 0.4) is 0 Å². The Balaban J connectivity index is 1.71. The van der Waals surface area contributed by atoms with Crippen molar-refractivity contribution < 1.29 is 9.53 Å². The Kier molecular flexibility index (Phi) is 3.85. The number of fused-ring (bicyclic) bond motifs is 2. The average molecular weight is 406 g/mol. The molecule has 124 valence electrons. The lowest BCUT2D eigenvalue weighted by atomic mass is 10.0. The molecule has 24 heavy (non-hydrogen) atoms. The van der Waals surface area contributed by atoms with E-state index in [-0.39, 0.29) is 11.9 Å². The molecule has 0 bridgehead atoms. The smallest absolute Gasteiger partial charge is 0.274 e. The van der Waals surface area contributed by atoms with E-state index in [1.165, 1.54) is 10.4 Å². The molecule has 0 aromatic carbocycles. The second kappa shape index (κ2) is 5.89. The minimum Gasteiger partial charge on any atom is -0.494 e. The Hall–Kier alpha value is -1.86. The van der Waals surface area contributed by atoms with Crippen LogP contribution in [0.25, 0.3) is 5.52 Å². The van der Waals surface area contributed by atoms with Gasteiger partial charge < -0.3 is 9.64 Å². The number of halogens is 1. The van der Waals surface area contributed by atoms with Gasteiger partial charge in [-0.25, -0.2) is 4.52 Å². The number of methoxy groups -OCH3 is 1. The van der Waals surface area contributed by atoms with Crippen LogP contribution >= 0.6 is 27.3 Å². The van der Waals surface area contributed by atoms with E-state index in [9.17, 15) is 4.79 Å². The summed E-state index contributed by atoms with van der Waals surface area (Å²) < 4.78 is 7.92. The molecule has 4 rings (SSSR count). The number of hydrogen-bond acceptors (Lipinski definition) is 4. The van der Waals surface area contributed by atoms with E-state index in [0.29, 0.717) is 11.4 Å². The van der Waals surface area contributed by atoms with Crippen molar-refractivity contribution in [1.82, 2.24) is 14.5 Å². The topological polar surface area (TPSA) is 46.8 Å². The molecule has 5 nitrogen and oxygen atoms in total. The van der Waals surface area contributed by atoms with Crippen LogP contribution in [-0.4, -0.2) is 34.1 Å². The van der Waals surface area contributed by atoms with Gasteiger partial charge in [-0.2, -0.15) is 5.10 Å². The predicted octanol–water partition coefficient (Wildman–Crippen LogP) is 3.93. The third-order valence-corrected chi connectivity index (χ3v) is 5.91. The van der Waals surface area contributed by atoms with Crippen LogP contribution < -0.4 is 4.74 Å². The molecule has 7 heteroatoms. The van der Waals surface area contributed by atoms with Gasteiger partial charge in [0.05, 0.1) is 13.2 Å². The summed E-state index contributed by atoms with van der Waals surface area (Å²) in [5, 5.41) is 6.55. The number of carbonyl (C=O) groups is 1. The SMILES string of the molecule is COc1cc(Br)cn2nc(C(=O)N3CCc4sccc4C3C)cc12. The molecule has 0 N–H and O–H groups in total. The molecule has 3 aromatic heterocycles. The van der Waals surface area contributed by atoms with Crippen molar-refractivity contribution >= 4 is 38.7 Å². The second-order valence-electron chi connectivity index (χ2n) is 5.81. The van der Waals surface area contributed by atoms with Gasteiger partial charge in [-0.05, 0) is 52.4 Å². The van der Waals surface area contributed by atoms with Crippen molar-refractivity contribution in [2.45, 2.75) is 19.4 Å². The van der Waals surface area contributed by atoms with Crippen LogP contribution in [0.4, 0.5) is 0 Å². The summed E-state index contributed by atoms with van der Waals surface area (Å²) in [6, 6.07) is 5.86. The molecule has 1 aliphatic rings. The van der Waals surface area contributed by atoms with Crippen LogP contribution in [0, 0.1) is 0 Å². The highest BCUT2D eigenvalue weighted by molar-refractivity contribution is 9.10. The number of thiophene rings is 1. The lowest BCUT2D eigenvalue weighted by Gasteiger charge is -2.33. The Morgan fingerprint density at radius 1 is 1.46 bits per heavy atom. The maximum atomic E-state index is 13.0. The van der Waals surface area contributed by atoms with Gasteiger partial charge >= 0.3 is 0 Å². The first-order valence-electron chi connectivity index (χ1n) is 7.68. The fourth-order valence-electron chi connectivity index (χ4n) is 3.23. The predicted molar refractivity (Wildman–Crippen MR) is 96.9 cm³/mol. The van der Waals surface area contributed by atoms with Gasteiger partial charge in [0.1, 0.15) is 11.3 Å². The van der Waals surface area contributed by atoms with Gasteiger partial charge in [0, 0.05) is 28.2 Å². The van der Waals surface area contributed by atoms with Crippen LogP contribution in [0.1, 0.15) is 33.9 Å². The molecule has 0 radical (unpaired) electrons. The largest absolute Gasteiger partial charge is 0.494 e. The molecule has 1 atom stereocenters. The lowest BCUT2D eigenvalue weighted by Crippen LogP contribution is -2.38. The maximum Gasteiger partial charge on any atom is 0.274 e. The zero-order chi connectivity index (χ0) is 16.8. The van der Waals surface area contributed by atoms with Gasteiger partial charge in [-0.1, -0.05) is 0 Å². The molecular formula is C17H16BrN3O2S. The summed E-state index contributed by atoms with van der Waals surface area (Å²) in [4.78, 5) is 16.3. The summed E-state index contributed by atoms with van der Waals surface area (Å²) in [6.07, 6.45) is 2.73. The first kappa shape index (κ1) is 15.7. The van der Waals surface area contributed by atoms with E-state index in [4.69, 9.17) is 4.74 Å². The number of carbonyl (C=O) groups excluding carboxylic acids is 1. The second-order valence-corrected chi connectivity index (χ2v) is 7.73. The van der Waals surface area contributed by atoms with E-state index in [0.717, 1.165) is 23.0 Å². The standard InChI is InChI=1S/C17H16BrN3O2S/c1-10-12-4-6-24-16(12)3-5-20(10)17(22)13-8-14-15(23-2)7-11(18)9-21(14)19-13/h4,6-10H,3,5H2,1-2H3. The zero-order valence-corrected chi connectivity index (χ0v) is 15.7. The molecule has 0 saturated heterocycles. The van der Waals surface area contributed by atoms with Crippen LogP contribution in [0.2, 0.25) is 0 Å². The Morgan fingerprint density at radius 3 is 3.08 bits per heavy atom. The van der Waals surface area contributed by atoms with Crippen LogP contribution in [0.15, 0.2) is 34.2 Å². The van der Waals surface area contributed by atoms with Gasteiger partial charge in [0.15, 0.2) is 5.69 Å². The number of amides is 1. The van der Waals surface area contributed by atoms with Gasteiger partial charge in [-0.15, -0.1) is 11.3 Å². The maximum absolute atomic E-state index is 13.0. The van der Waals surface area contributed by atoms with Crippen LogP contribution in [-0.2, 0) is 6.42 Å². The minimum absolute atomic E-state index is 0.0405. The molecule has 0 fully saturated rings. The third kappa shape index (κ3) is 2.43. The fourth-order valence-corrected chi connectivity index (χ4v) is 4.60. The first-order chi connectivity index (χ1) is 11.6. The highest BCUT2D eigenvalue weighted by atomic mass is 79.9. The fraction of sp³-hybridized carbons (Fsp3) is 0.294. The highest BCUT2D eigenvalue weighted by Crippen LogP contribution is 2.34. The molecular weight excluding hydrogens is 390 g/mol. The van der Waals surface area contributed by atoms with E-state index in [1.807, 2.05) is 17.2 Å². The first-order valence-corrected chi connectivity index (χ1v) is 9.36. The Labute approximate surface area is 152 Å². The number of nitrogens with zero attached hydrogens (tertiary/aromatic N) is 3. The molecule has 1 unspecified atom stereocenters. The Morgan fingerprint density at radius 2 is 2.29 bits per heavy atom. The Bertz CT molecular complexity index is 933. The van der Waals surface area contributed by atoms with E-state index >= 15 is 0 Å². The molecule has 0 aliphatic carbocycles. The molecule has 4 heterocycles. The number of rotatable bonds is 2. The lowest BCUT2D eigenvalue weighted by molar-refractivity contribution is 0.0673. The quantitative estimate of drug-likeness (QED) is 0.648. The molecule has 1 aliphatic heterocycles. The zero-order valence-electron chi connectivity index (χ0n) is 13.3. The number of aromatic nitrogens is 2. The molecule has 1 amide bonds. The average Bonchev–Trinajstić information content (AvgIpc) is 3.20. The molecule has 3 aromatic rings. The van der Waals surface area contributed by atoms with E-state index in [1.54, 1.807) is 29.0 Å². The molecule has 0 spiro atoms. The van der Waals surface area contributed by atoms with Crippen molar-refractivity contribution in [2.24, 2.45) is 0 Å². The summed E-state index contributed by atoms with van der Waals surface area (Å²) in [5.41, 5.74) is 2.48. The van der Waals surface area contributed by atoms with E-state index < -0.39 is 0 Å². The summed E-state index contributed by atoms with van der Waals surface area (Å²) in [6.45, 7) is 2.80. The van der Waals surface area contributed by atoms with E-state index in [2.05, 4.69) is 39.4 Å². The summed E-state index contributed by atoms with van der Waals surface area (Å²) >= 11 is 5.20. The van der Waals surface area contributed by atoms with Gasteiger partial charge in [-0.3, -0.25) is 4.79 Å². The summed E-state index contributed by atoms with van der Waals surface area (Å²) in [7, 11) is 1.61. The number of pyridine rings is 1. The van der Waals surface area contributed by atoms with Crippen molar-refractivity contribution in [2.75, 3.05) is 13.7 Å². The number of hydrogen-bond donors (Lipinski definition) is 0. The summed E-state index contributed by atoms with van der Waals surface area (Å²) in [5.74, 6) is 0.643. The van der Waals surface area contributed by atoms with Gasteiger partial charge in [0.2, 0.25) is 0 Å². The van der Waals surface area contributed by atoms with Crippen molar-refractivity contribution in [3.05, 3.63) is 50.4 Å². The number of ether oxygens (including phenoxy) is 1. The van der Waals surface area contributed by atoms with Crippen molar-refractivity contribution in [3.8, 4) is 5.75 Å². The van der Waals surface area contributed by atoms with Crippen LogP contribution in [0.5, 0.6) is 5.75 Å². The minimum atomic E-state index is -0.0405.